The van der Waals surface area contributed by atoms with Crippen LogP contribution in [-0.2, 0) is 17.5 Å². The van der Waals surface area contributed by atoms with E-state index in [2.05, 4.69) is 17.0 Å². The van der Waals surface area contributed by atoms with Crippen LogP contribution < -0.4 is 0 Å². The second-order valence-electron chi connectivity index (χ2n) is 7.61. The van der Waals surface area contributed by atoms with Crippen LogP contribution in [0.3, 0.4) is 0 Å². The number of nitrogens with zero attached hydrogens (tertiary/aromatic N) is 1. The Kier molecular flexibility index (Phi) is 5.25. The van der Waals surface area contributed by atoms with Gasteiger partial charge in [-0.3, -0.25) is 9.69 Å². The van der Waals surface area contributed by atoms with E-state index in [1.54, 1.807) is 0 Å². The Morgan fingerprint density at radius 3 is 2.14 bits per heavy atom. The first-order chi connectivity index (χ1) is 13.4. The van der Waals surface area contributed by atoms with Gasteiger partial charge in [0.15, 0.2) is 5.78 Å². The molecule has 2 fully saturated rings. The molecule has 148 valence electrons. The van der Waals surface area contributed by atoms with Crippen molar-refractivity contribution in [3.63, 3.8) is 0 Å². The average Bonchev–Trinajstić information content (AvgIpc) is 2.67. The van der Waals surface area contributed by atoms with E-state index < -0.39 is 11.7 Å². The predicted octanol–water partition coefficient (Wildman–Crippen LogP) is 4.57. The van der Waals surface area contributed by atoms with Crippen LogP contribution in [0.5, 0.6) is 0 Å². The molecule has 0 radical (unpaired) electrons. The van der Waals surface area contributed by atoms with Crippen molar-refractivity contribution in [3.05, 3.63) is 71.3 Å². The molecule has 2 heterocycles. The highest BCUT2D eigenvalue weighted by atomic mass is 19.4. The molecule has 28 heavy (non-hydrogen) atoms. The zero-order chi connectivity index (χ0) is 19.7. The Morgan fingerprint density at radius 1 is 0.964 bits per heavy atom. The summed E-state index contributed by atoms with van der Waals surface area (Å²) in [5.74, 6) is -0.243. The summed E-state index contributed by atoms with van der Waals surface area (Å²) >= 11 is 0. The van der Waals surface area contributed by atoms with E-state index in [1.807, 2.05) is 18.2 Å². The Morgan fingerprint density at radius 2 is 1.57 bits per heavy atom. The van der Waals surface area contributed by atoms with Gasteiger partial charge in [0.25, 0.3) is 0 Å². The molecule has 6 heteroatoms. The standard InChI is InChI=1S/C22H22F3NO2/c23-22(24,25)18-8-6-16(7-9-18)21(27)17-10-19-13-28-14-20(11-17)26(19)12-15-4-2-1-3-5-15/h1-9,17,19-20H,10-14H2. The maximum absolute atomic E-state index is 12.9. The number of carbonyl (C=O) groups is 1. The van der Waals surface area contributed by atoms with Crippen molar-refractivity contribution in [1.29, 1.82) is 0 Å². The fourth-order valence-corrected chi connectivity index (χ4v) is 4.32. The second kappa shape index (κ2) is 7.68. The summed E-state index contributed by atoms with van der Waals surface area (Å²) in [5.41, 5.74) is 0.854. The number of ether oxygens (including phenoxy) is 1. The Hall–Kier alpha value is -2.18. The maximum atomic E-state index is 12.9. The first-order valence-electron chi connectivity index (χ1n) is 9.50. The van der Waals surface area contributed by atoms with E-state index >= 15 is 0 Å². The minimum absolute atomic E-state index is 0.0648. The molecule has 3 nitrogen and oxygen atoms in total. The molecule has 2 aromatic rings. The molecular weight excluding hydrogens is 367 g/mol. The average molecular weight is 389 g/mol. The largest absolute Gasteiger partial charge is 0.416 e. The summed E-state index contributed by atoms with van der Waals surface area (Å²) in [4.78, 5) is 15.3. The summed E-state index contributed by atoms with van der Waals surface area (Å²) < 4.78 is 44.0. The zero-order valence-corrected chi connectivity index (χ0v) is 15.4. The third kappa shape index (κ3) is 3.98. The van der Waals surface area contributed by atoms with Gasteiger partial charge in [-0.2, -0.15) is 13.2 Å². The van der Waals surface area contributed by atoms with Crippen molar-refractivity contribution in [2.45, 2.75) is 37.6 Å². The third-order valence-electron chi connectivity index (χ3n) is 5.75. The number of morpholine rings is 1. The number of rotatable bonds is 4. The third-order valence-corrected chi connectivity index (χ3v) is 5.75. The highest BCUT2D eigenvalue weighted by molar-refractivity contribution is 5.98. The zero-order valence-electron chi connectivity index (χ0n) is 15.4. The van der Waals surface area contributed by atoms with Crippen LogP contribution in [0.1, 0.15) is 34.3 Å². The van der Waals surface area contributed by atoms with E-state index in [0.717, 1.165) is 18.7 Å². The molecule has 4 rings (SSSR count). The minimum Gasteiger partial charge on any atom is -0.378 e. The van der Waals surface area contributed by atoms with Crippen LogP contribution >= 0.6 is 0 Å². The number of hydrogen-bond acceptors (Lipinski definition) is 3. The number of carbonyl (C=O) groups excluding carboxylic acids is 1. The van der Waals surface area contributed by atoms with E-state index in [9.17, 15) is 18.0 Å². The molecule has 2 bridgehead atoms. The summed E-state index contributed by atoms with van der Waals surface area (Å²) in [5, 5.41) is 0. The molecule has 2 aliphatic heterocycles. The number of Topliss-reactive ketones (excluding diaryl/α,β-unsaturated/α-hetero) is 1. The van der Waals surface area contributed by atoms with Gasteiger partial charge in [-0.1, -0.05) is 42.5 Å². The van der Waals surface area contributed by atoms with Gasteiger partial charge in [-0.05, 0) is 30.5 Å². The molecule has 0 saturated carbocycles. The lowest BCUT2D eigenvalue weighted by Crippen LogP contribution is -2.57. The first kappa shape index (κ1) is 19.2. The van der Waals surface area contributed by atoms with Gasteiger partial charge in [0, 0.05) is 30.1 Å². The second-order valence-corrected chi connectivity index (χ2v) is 7.61. The Labute approximate surface area is 162 Å². The van der Waals surface area contributed by atoms with Crippen molar-refractivity contribution in [1.82, 2.24) is 4.90 Å². The van der Waals surface area contributed by atoms with Gasteiger partial charge >= 0.3 is 6.18 Å². The maximum Gasteiger partial charge on any atom is 0.416 e. The van der Waals surface area contributed by atoms with Crippen molar-refractivity contribution in [2.24, 2.45) is 5.92 Å². The minimum atomic E-state index is -4.39. The van der Waals surface area contributed by atoms with E-state index in [4.69, 9.17) is 4.74 Å². The van der Waals surface area contributed by atoms with Crippen molar-refractivity contribution < 1.29 is 22.7 Å². The van der Waals surface area contributed by atoms with E-state index in [1.165, 1.54) is 17.7 Å². The van der Waals surface area contributed by atoms with Crippen LogP contribution in [-0.4, -0.2) is 36.0 Å². The number of halogens is 3. The molecule has 0 aromatic heterocycles. The van der Waals surface area contributed by atoms with Gasteiger partial charge in [-0.25, -0.2) is 0 Å². The smallest absolute Gasteiger partial charge is 0.378 e. The summed E-state index contributed by atoms with van der Waals surface area (Å²) in [6.07, 6.45) is -3.05. The van der Waals surface area contributed by atoms with Gasteiger partial charge in [0.05, 0.1) is 18.8 Å². The highest BCUT2D eigenvalue weighted by Gasteiger charge is 2.41. The normalized spacial score (nSPS) is 25.5. The molecule has 2 saturated heterocycles. The molecule has 0 aliphatic carbocycles. The predicted molar refractivity (Wildman–Crippen MR) is 98.9 cm³/mol. The lowest BCUT2D eigenvalue weighted by Gasteiger charge is -2.48. The monoisotopic (exact) mass is 389 g/mol. The SMILES string of the molecule is O=C(c1ccc(C(F)(F)F)cc1)C1CC2COCC(C1)N2Cc1ccccc1. The fourth-order valence-electron chi connectivity index (χ4n) is 4.32. The van der Waals surface area contributed by atoms with Gasteiger partial charge in [0.2, 0.25) is 0 Å². The van der Waals surface area contributed by atoms with Crippen LogP contribution in [0, 0.1) is 5.92 Å². The van der Waals surface area contributed by atoms with Crippen molar-refractivity contribution >= 4 is 5.78 Å². The number of fused-ring (bicyclic) bond motifs is 2. The number of hydrogen-bond donors (Lipinski definition) is 0. The number of ketones is 1. The molecule has 2 atom stereocenters. The van der Waals surface area contributed by atoms with Crippen LogP contribution in [0.4, 0.5) is 13.2 Å². The molecule has 2 aliphatic rings. The lowest BCUT2D eigenvalue weighted by atomic mass is 9.80. The quantitative estimate of drug-likeness (QED) is 0.718. The summed E-state index contributed by atoms with van der Waals surface area (Å²) in [6.45, 7) is 1.99. The molecule has 0 amide bonds. The Bertz CT molecular complexity index is 806. The number of benzene rings is 2. The lowest BCUT2D eigenvalue weighted by molar-refractivity contribution is -0.137. The molecule has 2 aromatic carbocycles. The Balaban J connectivity index is 1.47. The van der Waals surface area contributed by atoms with Crippen LogP contribution in [0.2, 0.25) is 0 Å². The van der Waals surface area contributed by atoms with E-state index in [0.29, 0.717) is 31.6 Å². The van der Waals surface area contributed by atoms with Gasteiger partial charge in [-0.15, -0.1) is 0 Å². The summed E-state index contributed by atoms with van der Waals surface area (Å²) in [6, 6.07) is 15.1. The van der Waals surface area contributed by atoms with Crippen LogP contribution in [0.25, 0.3) is 0 Å². The molecule has 0 N–H and O–H groups in total. The number of alkyl halides is 3. The van der Waals surface area contributed by atoms with Crippen molar-refractivity contribution in [3.8, 4) is 0 Å². The van der Waals surface area contributed by atoms with Gasteiger partial charge < -0.3 is 4.74 Å². The number of piperidine rings is 1. The molecular formula is C22H22F3NO2. The van der Waals surface area contributed by atoms with Crippen molar-refractivity contribution in [2.75, 3.05) is 13.2 Å². The molecule has 0 spiro atoms. The topological polar surface area (TPSA) is 29.5 Å². The van der Waals surface area contributed by atoms with E-state index in [-0.39, 0.29) is 23.8 Å². The highest BCUT2D eigenvalue weighted by Crippen LogP contribution is 2.35. The molecule has 2 unspecified atom stereocenters. The van der Waals surface area contributed by atoms with Gasteiger partial charge in [0.1, 0.15) is 0 Å². The van der Waals surface area contributed by atoms with Crippen LogP contribution in [0.15, 0.2) is 54.6 Å². The fraction of sp³-hybridized carbons (Fsp3) is 0.409. The summed E-state index contributed by atoms with van der Waals surface area (Å²) in [7, 11) is 0. The first-order valence-corrected chi connectivity index (χ1v) is 9.50.